The Morgan fingerprint density at radius 1 is 1.14 bits per heavy atom. The summed E-state index contributed by atoms with van der Waals surface area (Å²) in [5, 5.41) is 8.60. The van der Waals surface area contributed by atoms with Crippen LogP contribution in [0.2, 0.25) is 0 Å². The first kappa shape index (κ1) is 21.5. The Morgan fingerprint density at radius 3 is 2.72 bits per heavy atom. The molecule has 0 unspecified atom stereocenters. The van der Waals surface area contributed by atoms with E-state index in [2.05, 4.69) is 56.4 Å². The standard InChI is InChI=1S/C21H26N6O.HI/c1-2-22-21(24-15-18-6-3-5-17-7-4-9-23-20(17)18)27-12-10-26(11-13-27)16-19-8-14-28-25-19;/h3-9,14H,2,10-13,15-16H2,1H3,(H,22,24);1H. The second-order valence-corrected chi connectivity index (χ2v) is 6.92. The lowest BCUT2D eigenvalue weighted by molar-refractivity contribution is 0.169. The number of benzene rings is 1. The quantitative estimate of drug-likeness (QED) is 0.326. The molecule has 7 nitrogen and oxygen atoms in total. The summed E-state index contributed by atoms with van der Waals surface area (Å²) in [5.74, 6) is 0.969. The van der Waals surface area contributed by atoms with Gasteiger partial charge in [-0.25, -0.2) is 4.99 Å². The van der Waals surface area contributed by atoms with Crippen molar-refractivity contribution in [3.05, 3.63) is 60.1 Å². The van der Waals surface area contributed by atoms with Crippen LogP contribution < -0.4 is 5.32 Å². The average Bonchev–Trinajstić information content (AvgIpc) is 3.25. The lowest BCUT2D eigenvalue weighted by Gasteiger charge is -2.36. The van der Waals surface area contributed by atoms with E-state index >= 15 is 0 Å². The molecule has 0 radical (unpaired) electrons. The molecule has 1 fully saturated rings. The van der Waals surface area contributed by atoms with E-state index in [4.69, 9.17) is 9.52 Å². The van der Waals surface area contributed by atoms with Crippen LogP contribution in [-0.4, -0.2) is 58.6 Å². The van der Waals surface area contributed by atoms with Crippen LogP contribution in [0.3, 0.4) is 0 Å². The van der Waals surface area contributed by atoms with Gasteiger partial charge in [-0.05, 0) is 18.6 Å². The number of aromatic nitrogens is 2. The molecule has 0 spiro atoms. The lowest BCUT2D eigenvalue weighted by atomic mass is 10.1. The van der Waals surface area contributed by atoms with Gasteiger partial charge < -0.3 is 14.7 Å². The third kappa shape index (κ3) is 5.45. The second kappa shape index (κ2) is 10.5. The third-order valence-electron chi connectivity index (χ3n) is 5.00. The molecule has 1 aliphatic heterocycles. The van der Waals surface area contributed by atoms with E-state index < -0.39 is 0 Å². The molecule has 4 rings (SSSR count). The topological polar surface area (TPSA) is 69.8 Å². The van der Waals surface area contributed by atoms with Crippen molar-refractivity contribution in [2.75, 3.05) is 32.7 Å². The number of nitrogens with one attached hydrogen (secondary N) is 1. The first-order valence-electron chi connectivity index (χ1n) is 9.81. The molecule has 154 valence electrons. The molecular weight excluding hydrogens is 479 g/mol. The fraction of sp³-hybridized carbons (Fsp3) is 0.381. The van der Waals surface area contributed by atoms with Crippen LogP contribution in [0.5, 0.6) is 0 Å². The highest BCUT2D eigenvalue weighted by Crippen LogP contribution is 2.17. The number of rotatable bonds is 5. The van der Waals surface area contributed by atoms with Crippen molar-refractivity contribution in [1.29, 1.82) is 0 Å². The molecule has 1 saturated heterocycles. The maximum Gasteiger partial charge on any atom is 0.194 e. The van der Waals surface area contributed by atoms with E-state index in [0.29, 0.717) is 6.54 Å². The first-order chi connectivity index (χ1) is 13.8. The molecule has 1 aliphatic rings. The average molecular weight is 506 g/mol. The molecule has 8 heteroatoms. The zero-order valence-corrected chi connectivity index (χ0v) is 19.0. The van der Waals surface area contributed by atoms with E-state index in [9.17, 15) is 0 Å². The maximum absolute atomic E-state index is 4.93. The molecular formula is C21H27IN6O. The van der Waals surface area contributed by atoms with Crippen LogP contribution in [-0.2, 0) is 13.1 Å². The van der Waals surface area contributed by atoms with Gasteiger partial charge in [-0.3, -0.25) is 9.88 Å². The van der Waals surface area contributed by atoms with Gasteiger partial charge in [0.15, 0.2) is 5.96 Å². The number of hydrogen-bond acceptors (Lipinski definition) is 5. The normalized spacial score (nSPS) is 15.3. The number of guanidine groups is 1. The van der Waals surface area contributed by atoms with Crippen LogP contribution in [0.15, 0.2) is 58.4 Å². The van der Waals surface area contributed by atoms with Gasteiger partial charge in [-0.2, -0.15) is 0 Å². The number of piperazine rings is 1. The Labute approximate surface area is 188 Å². The number of nitrogens with zero attached hydrogens (tertiary/aromatic N) is 5. The third-order valence-corrected chi connectivity index (χ3v) is 5.00. The number of halogens is 1. The van der Waals surface area contributed by atoms with Crippen molar-refractivity contribution in [3.8, 4) is 0 Å². The first-order valence-corrected chi connectivity index (χ1v) is 9.81. The summed E-state index contributed by atoms with van der Waals surface area (Å²) < 4.78 is 4.93. The zero-order chi connectivity index (χ0) is 19.2. The minimum Gasteiger partial charge on any atom is -0.364 e. The summed E-state index contributed by atoms with van der Waals surface area (Å²) in [6, 6.07) is 12.3. The van der Waals surface area contributed by atoms with Crippen molar-refractivity contribution in [2.45, 2.75) is 20.0 Å². The predicted octanol–water partition coefficient (Wildman–Crippen LogP) is 3.12. The van der Waals surface area contributed by atoms with Gasteiger partial charge in [0.1, 0.15) is 6.26 Å². The van der Waals surface area contributed by atoms with Gasteiger partial charge in [-0.1, -0.05) is 29.4 Å². The molecule has 0 amide bonds. The molecule has 2 aromatic heterocycles. The maximum atomic E-state index is 4.93. The Balaban J connectivity index is 0.00000240. The molecule has 29 heavy (non-hydrogen) atoms. The van der Waals surface area contributed by atoms with Crippen molar-refractivity contribution in [3.63, 3.8) is 0 Å². The van der Waals surface area contributed by atoms with Gasteiger partial charge in [0.2, 0.25) is 0 Å². The van der Waals surface area contributed by atoms with Gasteiger partial charge >= 0.3 is 0 Å². The largest absolute Gasteiger partial charge is 0.364 e. The minimum atomic E-state index is 0. The van der Waals surface area contributed by atoms with E-state index in [0.717, 1.165) is 67.4 Å². The molecule has 3 aromatic rings. The Hall–Kier alpha value is -2.20. The van der Waals surface area contributed by atoms with Gasteiger partial charge in [0.05, 0.1) is 17.8 Å². The number of pyridine rings is 1. The van der Waals surface area contributed by atoms with Crippen LogP contribution in [0.25, 0.3) is 10.9 Å². The smallest absolute Gasteiger partial charge is 0.194 e. The van der Waals surface area contributed by atoms with Gasteiger partial charge in [0.25, 0.3) is 0 Å². The summed E-state index contributed by atoms with van der Waals surface area (Å²) in [6.45, 7) is 8.26. The van der Waals surface area contributed by atoms with E-state index in [1.165, 1.54) is 0 Å². The van der Waals surface area contributed by atoms with Crippen molar-refractivity contribution in [1.82, 2.24) is 25.3 Å². The summed E-state index contributed by atoms with van der Waals surface area (Å²) in [7, 11) is 0. The molecule has 1 aromatic carbocycles. The van der Waals surface area contributed by atoms with Crippen LogP contribution in [0.1, 0.15) is 18.2 Å². The summed E-state index contributed by atoms with van der Waals surface area (Å²) in [6.07, 6.45) is 3.47. The van der Waals surface area contributed by atoms with E-state index in [-0.39, 0.29) is 24.0 Å². The molecule has 1 N–H and O–H groups in total. The highest BCUT2D eigenvalue weighted by Gasteiger charge is 2.20. The Morgan fingerprint density at radius 2 is 1.97 bits per heavy atom. The fourth-order valence-corrected chi connectivity index (χ4v) is 3.55. The lowest BCUT2D eigenvalue weighted by Crippen LogP contribution is -2.52. The van der Waals surface area contributed by atoms with E-state index in [1.54, 1.807) is 6.26 Å². The van der Waals surface area contributed by atoms with Crippen molar-refractivity contribution >= 4 is 40.8 Å². The Kier molecular flexibility index (Phi) is 7.82. The SMILES string of the molecule is CCNC(=NCc1cccc2cccnc12)N1CCN(Cc2ccon2)CC1.I. The molecule has 0 bridgehead atoms. The fourth-order valence-electron chi connectivity index (χ4n) is 3.55. The number of fused-ring (bicyclic) bond motifs is 1. The van der Waals surface area contributed by atoms with E-state index in [1.807, 2.05) is 18.3 Å². The molecule has 3 heterocycles. The van der Waals surface area contributed by atoms with Gasteiger partial charge in [0, 0.05) is 56.9 Å². The highest BCUT2D eigenvalue weighted by atomic mass is 127. The zero-order valence-electron chi connectivity index (χ0n) is 16.6. The number of para-hydroxylation sites is 1. The van der Waals surface area contributed by atoms with Crippen molar-refractivity contribution < 1.29 is 4.52 Å². The monoisotopic (exact) mass is 506 g/mol. The second-order valence-electron chi connectivity index (χ2n) is 6.92. The molecule has 0 atom stereocenters. The van der Waals surface area contributed by atoms with Crippen molar-refractivity contribution in [2.24, 2.45) is 4.99 Å². The summed E-state index contributed by atoms with van der Waals surface area (Å²) >= 11 is 0. The Bertz CT molecular complexity index is 917. The van der Waals surface area contributed by atoms with Crippen LogP contribution in [0.4, 0.5) is 0 Å². The van der Waals surface area contributed by atoms with Crippen LogP contribution in [0, 0.1) is 0 Å². The minimum absolute atomic E-state index is 0. The van der Waals surface area contributed by atoms with Gasteiger partial charge in [-0.15, -0.1) is 24.0 Å². The summed E-state index contributed by atoms with van der Waals surface area (Å²) in [5.41, 5.74) is 3.16. The summed E-state index contributed by atoms with van der Waals surface area (Å²) in [4.78, 5) is 14.2. The van der Waals surface area contributed by atoms with Crippen LogP contribution >= 0.6 is 24.0 Å². The predicted molar refractivity (Wildman–Crippen MR) is 125 cm³/mol. The highest BCUT2D eigenvalue weighted by molar-refractivity contribution is 14.0. The number of aliphatic imine (C=N–C) groups is 1. The molecule has 0 saturated carbocycles. The molecule has 0 aliphatic carbocycles. The number of hydrogen-bond donors (Lipinski definition) is 1.